The number of amides is 1. The highest BCUT2D eigenvalue weighted by molar-refractivity contribution is 7.97. The standard InChI is InChI=1S/C32H41F3N6O2S/c1-2-3-6-30-24(21-38-26-11-16-39(17-12-26)22-31(43)40-18-13-28(42)14-19-40)20-27(41(30)23-32(33,34)35)5-4-15-37-25-7-9-29(44-36)10-8-25/h2-3,6-10,20-21,26,28,37-38,42H,11-19,22-23,36H2,1H3/b3-2-,24-21+,30-6+. The van der Waals surface area contributed by atoms with Crippen molar-refractivity contribution in [2.75, 3.05) is 44.6 Å². The van der Waals surface area contributed by atoms with Crippen molar-refractivity contribution in [3.05, 3.63) is 58.7 Å². The van der Waals surface area contributed by atoms with Gasteiger partial charge in [0, 0.05) is 54.2 Å². The highest BCUT2D eigenvalue weighted by atomic mass is 32.2. The van der Waals surface area contributed by atoms with Crippen LogP contribution in [0.2, 0.25) is 0 Å². The summed E-state index contributed by atoms with van der Waals surface area (Å²) in [7, 11) is 0. The van der Waals surface area contributed by atoms with Gasteiger partial charge in [-0.25, -0.2) is 0 Å². The second-order valence-electron chi connectivity index (χ2n) is 11.0. The number of nitrogens with two attached hydrogens (primary N) is 1. The van der Waals surface area contributed by atoms with Crippen LogP contribution in [0.5, 0.6) is 0 Å². The number of carbonyl (C=O) groups is 1. The van der Waals surface area contributed by atoms with E-state index in [1.54, 1.807) is 30.5 Å². The number of allylic oxidation sites excluding steroid dienone is 2. The number of rotatable bonds is 9. The van der Waals surface area contributed by atoms with Crippen molar-refractivity contribution in [2.45, 2.75) is 62.4 Å². The van der Waals surface area contributed by atoms with Crippen molar-refractivity contribution >= 4 is 35.8 Å². The molecule has 12 heteroatoms. The average molecular weight is 631 g/mol. The Bertz CT molecular complexity index is 1450. The average Bonchev–Trinajstić information content (AvgIpc) is 3.32. The Morgan fingerprint density at radius 3 is 2.48 bits per heavy atom. The zero-order valence-corrected chi connectivity index (χ0v) is 25.8. The maximum atomic E-state index is 13.7. The minimum atomic E-state index is -4.42. The summed E-state index contributed by atoms with van der Waals surface area (Å²) in [6.45, 7) is 3.98. The number of anilines is 1. The van der Waals surface area contributed by atoms with Crippen molar-refractivity contribution in [1.82, 2.24) is 19.7 Å². The molecule has 0 saturated carbocycles. The number of likely N-dealkylation sites (tertiary alicyclic amines) is 2. The number of alkyl halides is 3. The van der Waals surface area contributed by atoms with Gasteiger partial charge in [0.1, 0.15) is 6.54 Å². The molecule has 5 N–H and O–H groups in total. The maximum Gasteiger partial charge on any atom is 0.406 e. The summed E-state index contributed by atoms with van der Waals surface area (Å²) >= 11 is 1.15. The number of benzene rings is 1. The van der Waals surface area contributed by atoms with E-state index in [0.29, 0.717) is 43.0 Å². The molecule has 0 bridgehead atoms. The number of aliphatic hydroxyl groups excluding tert-OH is 1. The van der Waals surface area contributed by atoms with Gasteiger partial charge in [0.2, 0.25) is 5.91 Å². The number of hydrogen-bond acceptors (Lipinski definition) is 7. The SMILES string of the molecule is C\C=C/C=c1\c(=C\NC2CCN(CC(=O)N3CCC(O)CC3)CC2)cc(C#CCNc2ccc(SN)cc2)n1CC(F)(F)F. The molecule has 44 heavy (non-hydrogen) atoms. The summed E-state index contributed by atoms with van der Waals surface area (Å²) in [5, 5.41) is 22.9. The third-order valence-electron chi connectivity index (χ3n) is 7.78. The molecule has 0 aliphatic carbocycles. The van der Waals surface area contributed by atoms with Gasteiger partial charge in [0.25, 0.3) is 0 Å². The number of piperidine rings is 2. The summed E-state index contributed by atoms with van der Waals surface area (Å²) in [6.07, 6.45) is 5.08. The molecule has 2 fully saturated rings. The van der Waals surface area contributed by atoms with Crippen LogP contribution in [-0.4, -0.2) is 83.0 Å². The molecule has 238 valence electrons. The zero-order valence-electron chi connectivity index (χ0n) is 24.9. The van der Waals surface area contributed by atoms with E-state index >= 15 is 0 Å². The summed E-state index contributed by atoms with van der Waals surface area (Å²) in [4.78, 5) is 17.6. The molecule has 2 aromatic rings. The van der Waals surface area contributed by atoms with Crippen LogP contribution in [-0.2, 0) is 11.3 Å². The molecular formula is C32H41F3N6O2S. The topological polar surface area (TPSA) is 98.8 Å². The Balaban J connectivity index is 1.44. The quantitative estimate of drug-likeness (QED) is 0.250. The summed E-state index contributed by atoms with van der Waals surface area (Å²) in [5.41, 5.74) is 1.12. The van der Waals surface area contributed by atoms with Crippen LogP contribution in [0.1, 0.15) is 38.3 Å². The third-order valence-corrected chi connectivity index (χ3v) is 8.32. The predicted octanol–water partition coefficient (Wildman–Crippen LogP) is 2.61. The second-order valence-corrected chi connectivity index (χ2v) is 11.7. The first kappa shape index (κ1) is 33.5. The van der Waals surface area contributed by atoms with Gasteiger partial charge >= 0.3 is 6.18 Å². The Kier molecular flexibility index (Phi) is 12.3. The van der Waals surface area contributed by atoms with Gasteiger partial charge in [-0.15, -0.1) is 0 Å². The molecule has 1 aromatic heterocycles. The minimum Gasteiger partial charge on any atom is -0.393 e. The lowest BCUT2D eigenvalue weighted by Crippen LogP contribution is -2.48. The first-order valence-electron chi connectivity index (χ1n) is 14.9. The van der Waals surface area contributed by atoms with Crippen LogP contribution in [0, 0.1) is 11.8 Å². The fraction of sp³-hybridized carbons (Fsp3) is 0.469. The lowest BCUT2D eigenvalue weighted by molar-refractivity contribution is -0.141. The molecule has 8 nitrogen and oxygen atoms in total. The van der Waals surface area contributed by atoms with E-state index in [0.717, 1.165) is 48.5 Å². The Hall–Kier alpha value is -3.37. The van der Waals surface area contributed by atoms with Crippen molar-refractivity contribution < 1.29 is 23.1 Å². The van der Waals surface area contributed by atoms with Gasteiger partial charge in [-0.2, -0.15) is 13.2 Å². The Morgan fingerprint density at radius 2 is 1.84 bits per heavy atom. The number of aromatic nitrogens is 1. The van der Waals surface area contributed by atoms with E-state index in [1.807, 2.05) is 36.1 Å². The van der Waals surface area contributed by atoms with Gasteiger partial charge in [0.05, 0.1) is 30.2 Å². The first-order valence-corrected chi connectivity index (χ1v) is 15.8. The number of aliphatic hydroxyl groups is 1. The van der Waals surface area contributed by atoms with Crippen LogP contribution >= 0.6 is 11.9 Å². The Morgan fingerprint density at radius 1 is 1.14 bits per heavy atom. The van der Waals surface area contributed by atoms with Crippen molar-refractivity contribution in [3.8, 4) is 11.8 Å². The number of carbonyl (C=O) groups excluding carboxylic acids is 1. The van der Waals surface area contributed by atoms with Gasteiger partial charge in [-0.05, 0) is 86.9 Å². The van der Waals surface area contributed by atoms with Gasteiger partial charge in [-0.3, -0.25) is 14.8 Å². The van der Waals surface area contributed by atoms with E-state index in [4.69, 9.17) is 5.14 Å². The zero-order chi connectivity index (χ0) is 31.5. The molecule has 0 unspecified atom stereocenters. The second kappa shape index (κ2) is 16.1. The van der Waals surface area contributed by atoms with Crippen molar-refractivity contribution in [3.63, 3.8) is 0 Å². The van der Waals surface area contributed by atoms with Crippen LogP contribution < -0.4 is 26.3 Å². The van der Waals surface area contributed by atoms with Gasteiger partial charge in [0.15, 0.2) is 0 Å². The molecule has 1 amide bonds. The molecule has 0 atom stereocenters. The Labute approximate surface area is 261 Å². The lowest BCUT2D eigenvalue weighted by atomic mass is 10.0. The largest absolute Gasteiger partial charge is 0.406 e. The fourth-order valence-corrected chi connectivity index (χ4v) is 5.62. The van der Waals surface area contributed by atoms with Crippen molar-refractivity contribution in [1.29, 1.82) is 0 Å². The summed E-state index contributed by atoms with van der Waals surface area (Å²) in [6, 6.07) is 9.31. The van der Waals surface area contributed by atoms with Crippen LogP contribution in [0.3, 0.4) is 0 Å². The molecule has 2 aliphatic rings. The highest BCUT2D eigenvalue weighted by Crippen LogP contribution is 2.18. The first-order chi connectivity index (χ1) is 21.1. The molecular weight excluding hydrogens is 589 g/mol. The molecule has 3 heterocycles. The minimum absolute atomic E-state index is 0.0949. The lowest BCUT2D eigenvalue weighted by Gasteiger charge is -2.35. The smallest absolute Gasteiger partial charge is 0.393 e. The summed E-state index contributed by atoms with van der Waals surface area (Å²) in [5.74, 6) is 5.99. The molecule has 2 saturated heterocycles. The number of nitrogens with zero attached hydrogens (tertiary/aromatic N) is 3. The molecule has 4 rings (SSSR count). The van der Waals surface area contributed by atoms with E-state index in [2.05, 4.69) is 27.4 Å². The summed E-state index contributed by atoms with van der Waals surface area (Å²) < 4.78 is 42.2. The molecule has 1 aromatic carbocycles. The number of halogens is 3. The van der Waals surface area contributed by atoms with Crippen LogP contribution in [0.15, 0.2) is 47.4 Å². The molecule has 0 radical (unpaired) electrons. The molecule has 2 aliphatic heterocycles. The van der Waals surface area contributed by atoms with E-state index in [9.17, 15) is 23.1 Å². The monoisotopic (exact) mass is 630 g/mol. The van der Waals surface area contributed by atoms with Gasteiger partial charge in [-0.1, -0.05) is 18.1 Å². The van der Waals surface area contributed by atoms with Gasteiger partial charge < -0.3 is 25.2 Å². The van der Waals surface area contributed by atoms with Crippen molar-refractivity contribution in [2.24, 2.45) is 5.14 Å². The fourth-order valence-electron chi connectivity index (χ4n) is 5.33. The number of nitrogens with one attached hydrogen (secondary N) is 2. The molecule has 0 spiro atoms. The highest BCUT2D eigenvalue weighted by Gasteiger charge is 2.29. The predicted molar refractivity (Wildman–Crippen MR) is 170 cm³/mol. The van der Waals surface area contributed by atoms with Crippen LogP contribution in [0.25, 0.3) is 12.3 Å². The van der Waals surface area contributed by atoms with E-state index < -0.39 is 12.7 Å². The van der Waals surface area contributed by atoms with E-state index in [-0.39, 0.29) is 30.3 Å². The van der Waals surface area contributed by atoms with Crippen LogP contribution in [0.4, 0.5) is 18.9 Å². The van der Waals surface area contributed by atoms with E-state index in [1.165, 1.54) is 4.57 Å². The normalized spacial score (nSPS) is 18.1. The third kappa shape index (κ3) is 10.1. The maximum absolute atomic E-state index is 13.7. The number of hydrogen-bond donors (Lipinski definition) is 4.